The van der Waals surface area contributed by atoms with Crippen LogP contribution in [-0.2, 0) is 14.3 Å². The molecule has 0 bridgehead atoms. The Morgan fingerprint density at radius 2 is 2.00 bits per heavy atom. The maximum absolute atomic E-state index is 9.77. The third-order valence-corrected chi connectivity index (χ3v) is 2.49. The average Bonchev–Trinajstić information content (AvgIpc) is 2.43. The molecule has 4 heteroatoms. The van der Waals surface area contributed by atoms with Crippen molar-refractivity contribution in [3.8, 4) is 0 Å². The Kier molecular flexibility index (Phi) is 18.0. The van der Waals surface area contributed by atoms with Crippen LogP contribution in [0.15, 0.2) is 0 Å². The van der Waals surface area contributed by atoms with Gasteiger partial charge in [0.1, 0.15) is 0 Å². The molecule has 0 saturated carbocycles. The fourth-order valence-electron chi connectivity index (χ4n) is 1.42. The van der Waals surface area contributed by atoms with Gasteiger partial charge >= 0.3 is 0 Å². The normalized spacial score (nSPS) is 18.0. The zero-order valence-electron chi connectivity index (χ0n) is 12.8. The van der Waals surface area contributed by atoms with E-state index in [2.05, 4.69) is 30.5 Å². The lowest BCUT2D eigenvalue weighted by Crippen LogP contribution is -2.21. The summed E-state index contributed by atoms with van der Waals surface area (Å²) in [5.41, 5.74) is 0. The quantitative estimate of drug-likeness (QED) is 0.713. The molecule has 0 aromatic rings. The second-order valence-electron chi connectivity index (χ2n) is 3.92. The van der Waals surface area contributed by atoms with Crippen LogP contribution in [0.4, 0.5) is 0 Å². The first kappa shape index (κ1) is 19.7. The van der Waals surface area contributed by atoms with Crippen LogP contribution in [0.25, 0.3) is 0 Å². The first-order valence-corrected chi connectivity index (χ1v) is 7.13. The van der Waals surface area contributed by atoms with Gasteiger partial charge in [0, 0.05) is 6.42 Å². The SMILES string of the molecule is CC.CCCN(C)CC.O=COC1CCCCO1. The zero-order chi connectivity index (χ0) is 14.2. The van der Waals surface area contributed by atoms with Crippen molar-refractivity contribution in [2.75, 3.05) is 26.7 Å². The lowest BCUT2D eigenvalue weighted by atomic mass is 10.2. The van der Waals surface area contributed by atoms with E-state index < -0.39 is 0 Å². The maximum Gasteiger partial charge on any atom is 0.295 e. The Morgan fingerprint density at radius 3 is 2.33 bits per heavy atom. The van der Waals surface area contributed by atoms with E-state index in [0.29, 0.717) is 6.47 Å². The van der Waals surface area contributed by atoms with E-state index >= 15 is 0 Å². The number of rotatable bonds is 5. The summed E-state index contributed by atoms with van der Waals surface area (Å²) in [5, 5.41) is 0. The minimum Gasteiger partial charge on any atom is -0.438 e. The molecule has 1 aliphatic rings. The number of hydrogen-bond acceptors (Lipinski definition) is 4. The van der Waals surface area contributed by atoms with Crippen LogP contribution in [0.5, 0.6) is 0 Å². The van der Waals surface area contributed by atoms with Crippen LogP contribution >= 0.6 is 0 Å². The van der Waals surface area contributed by atoms with E-state index in [-0.39, 0.29) is 6.29 Å². The lowest BCUT2D eigenvalue weighted by molar-refractivity contribution is -0.172. The van der Waals surface area contributed by atoms with Crippen molar-refractivity contribution in [3.05, 3.63) is 0 Å². The van der Waals surface area contributed by atoms with Gasteiger partial charge in [0.05, 0.1) is 6.61 Å². The van der Waals surface area contributed by atoms with Gasteiger partial charge in [-0.05, 0) is 39.4 Å². The Bertz CT molecular complexity index is 159. The Labute approximate surface area is 113 Å². The molecule has 18 heavy (non-hydrogen) atoms. The molecule has 4 nitrogen and oxygen atoms in total. The molecule has 1 heterocycles. The molecule has 0 aromatic heterocycles. The van der Waals surface area contributed by atoms with Gasteiger partial charge in [-0.3, -0.25) is 4.79 Å². The Hall–Kier alpha value is -0.610. The molecule has 0 amide bonds. The number of nitrogens with zero attached hydrogens (tertiary/aromatic N) is 1. The van der Waals surface area contributed by atoms with E-state index in [1.54, 1.807) is 0 Å². The maximum atomic E-state index is 9.77. The summed E-state index contributed by atoms with van der Waals surface area (Å²) >= 11 is 0. The van der Waals surface area contributed by atoms with Crippen LogP contribution in [0.1, 0.15) is 53.4 Å². The summed E-state index contributed by atoms with van der Waals surface area (Å²) in [4.78, 5) is 12.1. The van der Waals surface area contributed by atoms with Gasteiger partial charge in [-0.15, -0.1) is 0 Å². The van der Waals surface area contributed by atoms with Crippen LogP contribution in [0.2, 0.25) is 0 Å². The summed E-state index contributed by atoms with van der Waals surface area (Å²) in [5.74, 6) is 0. The highest BCUT2D eigenvalue weighted by molar-refractivity contribution is 5.37. The number of hydrogen-bond donors (Lipinski definition) is 0. The summed E-state index contributed by atoms with van der Waals surface area (Å²) < 4.78 is 9.64. The minimum atomic E-state index is -0.267. The highest BCUT2D eigenvalue weighted by Gasteiger charge is 2.12. The number of carbonyl (C=O) groups excluding carboxylic acids is 1. The fourth-order valence-corrected chi connectivity index (χ4v) is 1.42. The van der Waals surface area contributed by atoms with Crippen LogP contribution in [0, 0.1) is 0 Å². The molecule has 110 valence electrons. The largest absolute Gasteiger partial charge is 0.438 e. The van der Waals surface area contributed by atoms with Crippen molar-refractivity contribution >= 4 is 6.47 Å². The standard InChI is InChI=1S/C6H15N.C6H10O3.C2H6/c1-4-6-7(3)5-2;7-5-9-6-3-1-2-4-8-6;1-2/h4-6H2,1-3H3;5-6H,1-4H2;1-2H3. The van der Waals surface area contributed by atoms with Crippen molar-refractivity contribution < 1.29 is 14.3 Å². The van der Waals surface area contributed by atoms with E-state index in [1.807, 2.05) is 13.8 Å². The van der Waals surface area contributed by atoms with E-state index in [9.17, 15) is 4.79 Å². The van der Waals surface area contributed by atoms with E-state index in [0.717, 1.165) is 25.9 Å². The molecule has 1 aliphatic heterocycles. The molecule has 0 aliphatic carbocycles. The molecular formula is C14H31NO3. The molecule has 1 rings (SSSR count). The lowest BCUT2D eigenvalue weighted by Gasteiger charge is -2.19. The third-order valence-electron chi connectivity index (χ3n) is 2.49. The summed E-state index contributed by atoms with van der Waals surface area (Å²) in [7, 11) is 2.14. The number of carbonyl (C=O) groups is 1. The van der Waals surface area contributed by atoms with E-state index in [1.165, 1.54) is 19.5 Å². The summed E-state index contributed by atoms with van der Waals surface area (Å²) in [6.07, 6.45) is 4.02. The van der Waals surface area contributed by atoms with Gasteiger partial charge in [-0.25, -0.2) is 0 Å². The summed E-state index contributed by atoms with van der Waals surface area (Å²) in [6, 6.07) is 0. The zero-order valence-corrected chi connectivity index (χ0v) is 12.8. The fraction of sp³-hybridized carbons (Fsp3) is 0.929. The molecule has 0 radical (unpaired) electrons. The van der Waals surface area contributed by atoms with Crippen molar-refractivity contribution in [1.82, 2.24) is 4.90 Å². The minimum absolute atomic E-state index is 0.267. The molecule has 1 saturated heterocycles. The summed E-state index contributed by atoms with van der Waals surface area (Å²) in [6.45, 7) is 11.9. The first-order valence-electron chi connectivity index (χ1n) is 7.13. The second-order valence-corrected chi connectivity index (χ2v) is 3.92. The van der Waals surface area contributed by atoms with Gasteiger partial charge < -0.3 is 14.4 Å². The molecule has 1 unspecified atom stereocenters. The second kappa shape index (κ2) is 16.4. The van der Waals surface area contributed by atoms with Crippen LogP contribution in [-0.4, -0.2) is 44.4 Å². The van der Waals surface area contributed by atoms with Gasteiger partial charge in [0.25, 0.3) is 6.47 Å². The van der Waals surface area contributed by atoms with Gasteiger partial charge in [-0.1, -0.05) is 27.7 Å². The number of ether oxygens (including phenoxy) is 2. The van der Waals surface area contributed by atoms with Crippen molar-refractivity contribution in [3.63, 3.8) is 0 Å². The van der Waals surface area contributed by atoms with Crippen molar-refractivity contribution in [2.45, 2.75) is 59.7 Å². The van der Waals surface area contributed by atoms with Gasteiger partial charge in [0.15, 0.2) is 0 Å². The predicted octanol–water partition coefficient (Wildman–Crippen LogP) is 3.06. The van der Waals surface area contributed by atoms with Crippen LogP contribution < -0.4 is 0 Å². The average molecular weight is 261 g/mol. The third kappa shape index (κ3) is 13.5. The molecule has 0 spiro atoms. The molecule has 1 fully saturated rings. The monoisotopic (exact) mass is 261 g/mol. The molecule has 0 aromatic carbocycles. The van der Waals surface area contributed by atoms with Crippen LogP contribution in [0.3, 0.4) is 0 Å². The Balaban J connectivity index is 0. The molecule has 0 N–H and O–H groups in total. The first-order chi connectivity index (χ1) is 8.74. The highest BCUT2D eigenvalue weighted by Crippen LogP contribution is 2.12. The van der Waals surface area contributed by atoms with E-state index in [4.69, 9.17) is 4.74 Å². The van der Waals surface area contributed by atoms with Gasteiger partial charge in [0.2, 0.25) is 6.29 Å². The van der Waals surface area contributed by atoms with Crippen molar-refractivity contribution in [2.24, 2.45) is 0 Å². The van der Waals surface area contributed by atoms with Crippen molar-refractivity contribution in [1.29, 1.82) is 0 Å². The predicted molar refractivity (Wildman–Crippen MR) is 75.6 cm³/mol. The Morgan fingerprint density at radius 1 is 1.33 bits per heavy atom. The topological polar surface area (TPSA) is 38.8 Å². The van der Waals surface area contributed by atoms with Gasteiger partial charge in [-0.2, -0.15) is 0 Å². The molecular weight excluding hydrogens is 230 g/mol. The molecule has 1 atom stereocenters. The highest BCUT2D eigenvalue weighted by atomic mass is 16.7. The smallest absolute Gasteiger partial charge is 0.295 e.